The molecule has 0 saturated heterocycles. The van der Waals surface area contributed by atoms with Gasteiger partial charge in [-0.2, -0.15) is 10.2 Å². The van der Waals surface area contributed by atoms with Gasteiger partial charge in [0, 0.05) is 0 Å². The number of rotatable bonds is 6. The molecule has 0 aromatic rings. The minimum atomic E-state index is -0.565. The molecule has 0 heterocycles. The lowest BCUT2D eigenvalue weighted by molar-refractivity contribution is 0.463. The zero-order chi connectivity index (χ0) is 11.2. The van der Waals surface area contributed by atoms with E-state index in [0.29, 0.717) is 0 Å². The second kappa shape index (κ2) is 5.92. The van der Waals surface area contributed by atoms with Gasteiger partial charge < -0.3 is 0 Å². The Kier molecular flexibility index (Phi) is 5.99. The summed E-state index contributed by atoms with van der Waals surface area (Å²) in [6, 6.07) is 0. The first kappa shape index (κ1) is 14.2. The molecule has 0 fully saturated rings. The van der Waals surface area contributed by atoms with E-state index in [1.807, 2.05) is 27.7 Å². The summed E-state index contributed by atoms with van der Waals surface area (Å²) in [6.07, 6.45) is 3.09. The van der Waals surface area contributed by atoms with E-state index in [1.165, 1.54) is 0 Å². The van der Waals surface area contributed by atoms with E-state index in [-0.39, 0.29) is 0 Å². The van der Waals surface area contributed by atoms with Crippen LogP contribution in [0.2, 0.25) is 0 Å². The maximum atomic E-state index is 6.21. The third kappa shape index (κ3) is 4.14. The molecule has 0 unspecified atom stereocenters. The van der Waals surface area contributed by atoms with Gasteiger partial charge >= 0.3 is 0 Å². The van der Waals surface area contributed by atoms with Gasteiger partial charge in [-0.1, -0.05) is 50.9 Å². The molecule has 0 aliphatic heterocycles. The first-order chi connectivity index (χ1) is 6.45. The zero-order valence-electron chi connectivity index (χ0n) is 9.48. The normalized spacial score (nSPS) is 13.9. The van der Waals surface area contributed by atoms with E-state index >= 15 is 0 Å². The molecular weight excluding hydrogens is 219 g/mol. The summed E-state index contributed by atoms with van der Waals surface area (Å²) in [7, 11) is 0. The molecule has 0 amide bonds. The Labute approximate surface area is 97.1 Å². The van der Waals surface area contributed by atoms with E-state index < -0.39 is 10.00 Å². The number of alkyl halides is 2. The zero-order valence-corrected chi connectivity index (χ0v) is 11.0. The number of nitrogens with zero attached hydrogens (tertiary/aromatic N) is 2. The van der Waals surface area contributed by atoms with Crippen LogP contribution in [0.5, 0.6) is 0 Å². The third-order valence-electron chi connectivity index (χ3n) is 2.58. The summed E-state index contributed by atoms with van der Waals surface area (Å²) < 4.78 is 0. The maximum Gasteiger partial charge on any atom is 0.154 e. The third-order valence-corrected chi connectivity index (χ3v) is 3.80. The highest BCUT2D eigenvalue weighted by Gasteiger charge is 2.26. The maximum absolute atomic E-state index is 6.21. The fourth-order valence-electron chi connectivity index (χ4n) is 0.962. The van der Waals surface area contributed by atoms with Crippen molar-refractivity contribution in [1.82, 2.24) is 0 Å². The molecule has 4 heteroatoms. The highest BCUT2D eigenvalue weighted by molar-refractivity contribution is 6.24. The summed E-state index contributed by atoms with van der Waals surface area (Å²) >= 11 is 12.4. The van der Waals surface area contributed by atoms with E-state index in [0.717, 1.165) is 25.7 Å². The lowest BCUT2D eigenvalue weighted by atomic mass is 10.1. The lowest BCUT2D eigenvalue weighted by Crippen LogP contribution is -2.19. The molecule has 0 rings (SSSR count). The van der Waals surface area contributed by atoms with Gasteiger partial charge in [-0.25, -0.2) is 0 Å². The molecule has 14 heavy (non-hydrogen) atoms. The Morgan fingerprint density at radius 1 is 0.714 bits per heavy atom. The van der Waals surface area contributed by atoms with Crippen LogP contribution in [0.4, 0.5) is 0 Å². The Morgan fingerprint density at radius 3 is 1.07 bits per heavy atom. The summed E-state index contributed by atoms with van der Waals surface area (Å²) in [5.74, 6) is 0. The van der Waals surface area contributed by atoms with Gasteiger partial charge in [0.15, 0.2) is 10.00 Å². The monoisotopic (exact) mass is 238 g/mol. The van der Waals surface area contributed by atoms with Crippen LogP contribution < -0.4 is 0 Å². The van der Waals surface area contributed by atoms with E-state index in [2.05, 4.69) is 10.2 Å². The molecule has 2 nitrogen and oxygen atoms in total. The van der Waals surface area contributed by atoms with Crippen molar-refractivity contribution in [3.05, 3.63) is 0 Å². The van der Waals surface area contributed by atoms with Crippen molar-refractivity contribution < 1.29 is 0 Å². The Bertz CT molecular complexity index is 165. The van der Waals surface area contributed by atoms with Gasteiger partial charge in [0.2, 0.25) is 0 Å². The largest absolute Gasteiger partial charge is 0.169 e. The topological polar surface area (TPSA) is 24.7 Å². The van der Waals surface area contributed by atoms with Crippen LogP contribution in [0.25, 0.3) is 0 Å². The predicted molar refractivity (Wildman–Crippen MR) is 63.2 cm³/mol. The van der Waals surface area contributed by atoms with Gasteiger partial charge in [0.25, 0.3) is 0 Å². The van der Waals surface area contributed by atoms with Gasteiger partial charge in [0.05, 0.1) is 0 Å². The minimum Gasteiger partial charge on any atom is -0.169 e. The van der Waals surface area contributed by atoms with Crippen LogP contribution >= 0.6 is 23.2 Å². The van der Waals surface area contributed by atoms with Crippen molar-refractivity contribution in [2.45, 2.75) is 63.4 Å². The fraction of sp³-hybridized carbons (Fsp3) is 1.00. The molecule has 0 aromatic carbocycles. The van der Waals surface area contributed by atoms with E-state index in [4.69, 9.17) is 23.2 Å². The number of halogens is 2. The van der Waals surface area contributed by atoms with Crippen molar-refractivity contribution in [3.8, 4) is 0 Å². The number of hydrogen-bond donors (Lipinski definition) is 0. The summed E-state index contributed by atoms with van der Waals surface area (Å²) in [5, 5.41) is 8.33. The van der Waals surface area contributed by atoms with Crippen molar-refractivity contribution in [3.63, 3.8) is 0 Å². The van der Waals surface area contributed by atoms with Crippen molar-refractivity contribution in [2.24, 2.45) is 10.2 Å². The molecule has 0 aromatic heterocycles. The van der Waals surface area contributed by atoms with Crippen LogP contribution in [-0.2, 0) is 0 Å². The smallest absolute Gasteiger partial charge is 0.154 e. The van der Waals surface area contributed by atoms with E-state index in [9.17, 15) is 0 Å². The highest BCUT2D eigenvalue weighted by atomic mass is 35.5. The van der Waals surface area contributed by atoms with Crippen LogP contribution in [-0.4, -0.2) is 10.00 Å². The SMILES string of the molecule is CCC(Cl)(CC)/N=N/C(Cl)(CC)CC. The molecule has 0 saturated carbocycles. The van der Waals surface area contributed by atoms with Crippen LogP contribution in [0, 0.1) is 0 Å². The molecule has 0 bridgehead atoms. The van der Waals surface area contributed by atoms with Crippen LogP contribution in [0.1, 0.15) is 53.4 Å². The van der Waals surface area contributed by atoms with Crippen molar-refractivity contribution in [2.75, 3.05) is 0 Å². The standard InChI is InChI=1S/C10H20Cl2N2/c1-5-9(11,6-2)13-14-10(12,7-3)8-4/h5-8H2,1-4H3/b14-13+. The summed E-state index contributed by atoms with van der Waals surface area (Å²) in [5.41, 5.74) is 0. The minimum absolute atomic E-state index is 0.565. The molecule has 0 radical (unpaired) electrons. The van der Waals surface area contributed by atoms with Gasteiger partial charge in [-0.3, -0.25) is 0 Å². The van der Waals surface area contributed by atoms with Crippen LogP contribution in [0.15, 0.2) is 10.2 Å². The number of azo groups is 1. The highest BCUT2D eigenvalue weighted by Crippen LogP contribution is 2.31. The Balaban J connectivity index is 4.54. The predicted octanol–water partition coefficient (Wildman–Crippen LogP) is 4.95. The number of hydrogen-bond acceptors (Lipinski definition) is 2. The molecule has 0 aliphatic carbocycles. The first-order valence-corrected chi connectivity index (χ1v) is 6.02. The van der Waals surface area contributed by atoms with Crippen LogP contribution in [0.3, 0.4) is 0 Å². The molecule has 0 aliphatic rings. The second-order valence-electron chi connectivity index (χ2n) is 3.45. The molecule has 0 spiro atoms. The Hall–Kier alpha value is 0.180. The van der Waals surface area contributed by atoms with Gasteiger partial charge in [-0.15, -0.1) is 0 Å². The lowest BCUT2D eigenvalue weighted by Gasteiger charge is -2.21. The average molecular weight is 239 g/mol. The Morgan fingerprint density at radius 2 is 0.929 bits per heavy atom. The fourth-order valence-corrected chi connectivity index (χ4v) is 1.04. The summed E-state index contributed by atoms with van der Waals surface area (Å²) in [6.45, 7) is 8.01. The summed E-state index contributed by atoms with van der Waals surface area (Å²) in [4.78, 5) is -1.13. The first-order valence-electron chi connectivity index (χ1n) is 5.27. The second-order valence-corrected chi connectivity index (χ2v) is 4.86. The molecule has 0 N–H and O–H groups in total. The van der Waals surface area contributed by atoms with Crippen molar-refractivity contribution in [1.29, 1.82) is 0 Å². The average Bonchev–Trinajstić information content (AvgIpc) is 2.25. The van der Waals surface area contributed by atoms with Gasteiger partial charge in [0.1, 0.15) is 0 Å². The van der Waals surface area contributed by atoms with Crippen molar-refractivity contribution >= 4 is 23.2 Å². The van der Waals surface area contributed by atoms with E-state index in [1.54, 1.807) is 0 Å². The molecule has 84 valence electrons. The molecule has 0 atom stereocenters. The molecular formula is C10H20Cl2N2. The van der Waals surface area contributed by atoms with Gasteiger partial charge in [-0.05, 0) is 25.7 Å². The quantitative estimate of drug-likeness (QED) is 0.356.